The Labute approximate surface area is 138 Å². The average molecular weight is 323 g/mol. The third kappa shape index (κ3) is 2.54. The second kappa shape index (κ2) is 5.84. The fraction of sp³-hybridized carbons (Fsp3) is 0.235. The zero-order valence-electron chi connectivity index (χ0n) is 13.3. The van der Waals surface area contributed by atoms with Gasteiger partial charge in [-0.3, -0.25) is 14.6 Å². The van der Waals surface area contributed by atoms with Crippen molar-refractivity contribution in [2.45, 2.75) is 12.8 Å². The molecule has 1 aliphatic heterocycles. The summed E-state index contributed by atoms with van der Waals surface area (Å²) in [4.78, 5) is 14.8. The Morgan fingerprint density at radius 2 is 2.17 bits per heavy atom. The SMILES string of the molecule is Cn1cc(Oc2ccccc2C(=O)N2CCCc3[nH]ncc32)cn1. The minimum Gasteiger partial charge on any atom is -0.453 e. The van der Waals surface area contributed by atoms with Crippen molar-refractivity contribution >= 4 is 11.6 Å². The van der Waals surface area contributed by atoms with Gasteiger partial charge in [-0.2, -0.15) is 10.2 Å². The summed E-state index contributed by atoms with van der Waals surface area (Å²) in [5.74, 6) is 1.03. The van der Waals surface area contributed by atoms with Crippen molar-refractivity contribution in [1.29, 1.82) is 0 Å². The number of benzene rings is 1. The topological polar surface area (TPSA) is 76.0 Å². The maximum Gasteiger partial charge on any atom is 0.262 e. The van der Waals surface area contributed by atoms with E-state index >= 15 is 0 Å². The van der Waals surface area contributed by atoms with E-state index in [1.165, 1.54) is 0 Å². The van der Waals surface area contributed by atoms with Crippen LogP contribution in [-0.4, -0.2) is 32.4 Å². The van der Waals surface area contributed by atoms with E-state index in [2.05, 4.69) is 15.3 Å². The van der Waals surface area contributed by atoms with Crippen LogP contribution in [0.15, 0.2) is 42.9 Å². The van der Waals surface area contributed by atoms with E-state index in [0.29, 0.717) is 23.6 Å². The van der Waals surface area contributed by atoms with Crippen LogP contribution < -0.4 is 9.64 Å². The number of rotatable bonds is 3. The number of hydrogen-bond acceptors (Lipinski definition) is 4. The highest BCUT2D eigenvalue weighted by atomic mass is 16.5. The molecule has 3 heterocycles. The van der Waals surface area contributed by atoms with E-state index in [0.717, 1.165) is 24.2 Å². The molecule has 1 amide bonds. The number of para-hydroxylation sites is 1. The third-order valence-electron chi connectivity index (χ3n) is 4.07. The lowest BCUT2D eigenvalue weighted by Crippen LogP contribution is -2.35. The van der Waals surface area contributed by atoms with Gasteiger partial charge in [0, 0.05) is 13.6 Å². The lowest BCUT2D eigenvalue weighted by atomic mass is 10.1. The van der Waals surface area contributed by atoms with Gasteiger partial charge in [0.1, 0.15) is 5.75 Å². The average Bonchev–Trinajstić information content (AvgIpc) is 3.23. The number of hydrogen-bond donors (Lipinski definition) is 1. The van der Waals surface area contributed by atoms with E-state index in [4.69, 9.17) is 4.74 Å². The Kier molecular flexibility index (Phi) is 3.53. The highest BCUT2D eigenvalue weighted by molar-refractivity contribution is 6.08. The van der Waals surface area contributed by atoms with Gasteiger partial charge in [-0.1, -0.05) is 12.1 Å². The molecule has 1 N–H and O–H groups in total. The van der Waals surface area contributed by atoms with Crippen molar-refractivity contribution in [1.82, 2.24) is 20.0 Å². The van der Waals surface area contributed by atoms with E-state index in [1.54, 1.807) is 40.3 Å². The summed E-state index contributed by atoms with van der Waals surface area (Å²) in [6.07, 6.45) is 6.91. The van der Waals surface area contributed by atoms with Crippen LogP contribution >= 0.6 is 0 Å². The zero-order valence-corrected chi connectivity index (χ0v) is 13.3. The number of carbonyl (C=O) groups is 1. The van der Waals surface area contributed by atoms with Crippen LogP contribution in [0.25, 0.3) is 0 Å². The Morgan fingerprint density at radius 1 is 1.29 bits per heavy atom. The molecule has 24 heavy (non-hydrogen) atoms. The molecular weight excluding hydrogens is 306 g/mol. The van der Waals surface area contributed by atoms with E-state index in [-0.39, 0.29) is 5.91 Å². The molecule has 0 bridgehead atoms. The van der Waals surface area contributed by atoms with E-state index < -0.39 is 0 Å². The predicted molar refractivity (Wildman–Crippen MR) is 88.3 cm³/mol. The molecule has 0 saturated carbocycles. The number of ether oxygens (including phenoxy) is 1. The molecule has 7 nitrogen and oxygen atoms in total. The van der Waals surface area contributed by atoms with Gasteiger partial charge in [-0.15, -0.1) is 0 Å². The molecule has 0 radical (unpaired) electrons. The van der Waals surface area contributed by atoms with Gasteiger partial charge in [0.15, 0.2) is 5.75 Å². The fourth-order valence-corrected chi connectivity index (χ4v) is 2.92. The van der Waals surface area contributed by atoms with Crippen LogP contribution in [0, 0.1) is 0 Å². The van der Waals surface area contributed by atoms with Crippen molar-refractivity contribution in [2.75, 3.05) is 11.4 Å². The molecule has 7 heteroatoms. The zero-order chi connectivity index (χ0) is 16.5. The van der Waals surface area contributed by atoms with Gasteiger partial charge in [-0.05, 0) is 25.0 Å². The fourth-order valence-electron chi connectivity index (χ4n) is 2.92. The predicted octanol–water partition coefficient (Wildman–Crippen LogP) is 2.53. The van der Waals surface area contributed by atoms with E-state index in [1.807, 2.05) is 19.2 Å². The highest BCUT2D eigenvalue weighted by Gasteiger charge is 2.27. The first-order chi connectivity index (χ1) is 11.7. The maximum atomic E-state index is 13.1. The summed E-state index contributed by atoms with van der Waals surface area (Å²) in [6.45, 7) is 0.673. The number of aromatic nitrogens is 4. The molecule has 1 aromatic carbocycles. The largest absolute Gasteiger partial charge is 0.453 e. The monoisotopic (exact) mass is 323 g/mol. The van der Waals surface area contributed by atoms with Crippen LogP contribution in [0.1, 0.15) is 22.5 Å². The van der Waals surface area contributed by atoms with Gasteiger partial charge >= 0.3 is 0 Å². The Bertz CT molecular complexity index is 883. The lowest BCUT2D eigenvalue weighted by molar-refractivity contribution is 0.0983. The summed E-state index contributed by atoms with van der Waals surface area (Å²) in [5, 5.41) is 11.1. The third-order valence-corrected chi connectivity index (χ3v) is 4.07. The van der Waals surface area contributed by atoms with Crippen molar-refractivity contribution in [3.05, 3.63) is 54.1 Å². The first-order valence-corrected chi connectivity index (χ1v) is 7.82. The van der Waals surface area contributed by atoms with Crippen LogP contribution in [0.5, 0.6) is 11.5 Å². The van der Waals surface area contributed by atoms with Gasteiger partial charge in [0.2, 0.25) is 0 Å². The Balaban J connectivity index is 1.66. The summed E-state index contributed by atoms with van der Waals surface area (Å²) < 4.78 is 7.51. The molecule has 0 unspecified atom stereocenters. The number of amides is 1. The summed E-state index contributed by atoms with van der Waals surface area (Å²) in [5.41, 5.74) is 2.37. The number of aromatic amines is 1. The molecule has 3 aromatic rings. The summed E-state index contributed by atoms with van der Waals surface area (Å²) in [6, 6.07) is 7.26. The van der Waals surface area contributed by atoms with Crippen molar-refractivity contribution in [3.8, 4) is 11.5 Å². The molecule has 1 aliphatic rings. The molecular formula is C17H17N5O2. The van der Waals surface area contributed by atoms with Gasteiger partial charge in [0.05, 0.1) is 35.5 Å². The molecule has 0 fully saturated rings. The smallest absolute Gasteiger partial charge is 0.262 e. The molecule has 0 atom stereocenters. The Hall–Kier alpha value is -3.09. The summed E-state index contributed by atoms with van der Waals surface area (Å²) in [7, 11) is 1.82. The maximum absolute atomic E-state index is 13.1. The first-order valence-electron chi connectivity index (χ1n) is 7.82. The van der Waals surface area contributed by atoms with Crippen molar-refractivity contribution in [2.24, 2.45) is 7.05 Å². The molecule has 2 aromatic heterocycles. The normalized spacial score (nSPS) is 13.6. The number of fused-ring (bicyclic) bond motifs is 1. The van der Waals surface area contributed by atoms with Crippen molar-refractivity contribution < 1.29 is 9.53 Å². The second-order valence-corrected chi connectivity index (χ2v) is 5.74. The van der Waals surface area contributed by atoms with Crippen LogP contribution in [-0.2, 0) is 13.5 Å². The van der Waals surface area contributed by atoms with Gasteiger partial charge in [0.25, 0.3) is 5.91 Å². The summed E-state index contributed by atoms with van der Waals surface area (Å²) >= 11 is 0. The highest BCUT2D eigenvalue weighted by Crippen LogP contribution is 2.30. The quantitative estimate of drug-likeness (QED) is 0.803. The minimum absolute atomic E-state index is 0.0863. The lowest BCUT2D eigenvalue weighted by Gasteiger charge is -2.27. The molecule has 0 spiro atoms. The van der Waals surface area contributed by atoms with E-state index in [9.17, 15) is 4.79 Å². The molecule has 122 valence electrons. The van der Waals surface area contributed by atoms with Gasteiger partial charge < -0.3 is 9.64 Å². The van der Waals surface area contributed by atoms with Crippen molar-refractivity contribution in [3.63, 3.8) is 0 Å². The van der Waals surface area contributed by atoms with Crippen LogP contribution in [0.2, 0.25) is 0 Å². The second-order valence-electron chi connectivity index (χ2n) is 5.74. The molecule has 4 rings (SSSR count). The minimum atomic E-state index is -0.0863. The first kappa shape index (κ1) is 14.5. The molecule has 0 saturated heterocycles. The number of nitrogens with zero attached hydrogens (tertiary/aromatic N) is 4. The van der Waals surface area contributed by atoms with Crippen LogP contribution in [0.3, 0.4) is 0 Å². The number of H-pyrrole nitrogens is 1. The number of aryl methyl sites for hydroxylation is 2. The van der Waals surface area contributed by atoms with Crippen LogP contribution in [0.4, 0.5) is 5.69 Å². The van der Waals surface area contributed by atoms with Gasteiger partial charge in [-0.25, -0.2) is 0 Å². The molecule has 0 aliphatic carbocycles. The Morgan fingerprint density at radius 3 is 3.00 bits per heavy atom. The standard InChI is InChI=1S/C17H17N5O2/c1-21-11-12(9-19-21)24-16-7-3-2-5-13(16)17(23)22-8-4-6-14-15(22)10-18-20-14/h2-3,5,7,9-11H,4,6,8H2,1H3,(H,18,20). The number of carbonyl (C=O) groups excluding carboxylic acids is 1. The number of nitrogens with one attached hydrogen (secondary N) is 1. The number of anilines is 1.